The highest BCUT2D eigenvalue weighted by molar-refractivity contribution is 6.00. The fourth-order valence-electron chi connectivity index (χ4n) is 8.29. The zero-order valence-electron chi connectivity index (χ0n) is 29.9. The van der Waals surface area contributed by atoms with Gasteiger partial charge in [0.15, 0.2) is 11.5 Å². The summed E-state index contributed by atoms with van der Waals surface area (Å²) >= 11 is 0. The Kier molecular flexibility index (Phi) is 8.70. The third-order valence-electron chi connectivity index (χ3n) is 10.3. The molecule has 55 heavy (non-hydrogen) atoms. The number of anilines is 1. The number of nitrogens with zero attached hydrogens (tertiary/aromatic N) is 5. The molecular formula is C39H34F7N7O2. The van der Waals surface area contributed by atoms with Crippen LogP contribution in [0.5, 0.6) is 0 Å². The highest BCUT2D eigenvalue weighted by atomic mass is 19.4. The topological polar surface area (TPSA) is 122 Å². The van der Waals surface area contributed by atoms with Crippen LogP contribution >= 0.6 is 0 Å². The van der Waals surface area contributed by atoms with Crippen molar-refractivity contribution in [2.24, 2.45) is 29.4 Å². The lowest BCUT2D eigenvalue weighted by molar-refractivity contribution is -0.128. The molecule has 2 saturated carbocycles. The molecule has 2 unspecified atom stereocenters. The number of benzene rings is 2. The molecule has 4 N–H and O–H groups in total. The lowest BCUT2D eigenvalue weighted by Crippen LogP contribution is -2.54. The van der Waals surface area contributed by atoms with Gasteiger partial charge in [-0.3, -0.25) is 14.5 Å². The van der Waals surface area contributed by atoms with Crippen molar-refractivity contribution in [3.63, 3.8) is 0 Å². The molecule has 2 fully saturated rings. The standard InChI is InChI=1S/C39H34F7N7O2/c1-6-23-29-30(23)38(42,43)35-37(29,4)34(39(44,45)46)51-53(35)18-28(54)49-27(16-19-14-20(40)17-21(41)15-19)31-24(11-10-22(48-31)12-13-36(2,3)55)25-8-7-9-26-32(25)52(5)50-33(26)47/h7-11,14-15,17,27,29-30,35,55H,1,16,18H2,2-5H3,(H2,47,50)(H,49,54)/t27-,29-,30+,35?,37?/m0/s1. The number of aromatic nitrogens is 3. The van der Waals surface area contributed by atoms with Crippen molar-refractivity contribution in [3.8, 4) is 23.0 Å². The molecule has 0 radical (unpaired) electrons. The molecule has 16 heteroatoms. The summed E-state index contributed by atoms with van der Waals surface area (Å²) in [5.74, 6) is -3.73. The molecule has 0 bridgehead atoms. The number of alkyl halides is 5. The third kappa shape index (κ3) is 6.40. The van der Waals surface area contributed by atoms with E-state index in [1.807, 2.05) is 0 Å². The van der Waals surface area contributed by atoms with Crippen LogP contribution in [0, 0.1) is 40.7 Å². The van der Waals surface area contributed by atoms with E-state index in [0.29, 0.717) is 33.1 Å². The fraction of sp³-hybridized carbons (Fsp3) is 0.359. The molecule has 7 rings (SSSR count). The maximum atomic E-state index is 15.9. The monoisotopic (exact) mass is 765 g/mol. The predicted octanol–water partition coefficient (Wildman–Crippen LogP) is 6.23. The molecule has 4 aromatic rings. The summed E-state index contributed by atoms with van der Waals surface area (Å²) in [6.45, 7) is 6.31. The number of hydrogen-bond acceptors (Lipinski definition) is 7. The highest BCUT2D eigenvalue weighted by Gasteiger charge is 2.84. The minimum atomic E-state index is -5.10. The van der Waals surface area contributed by atoms with Gasteiger partial charge in [-0.15, -0.1) is 5.73 Å². The van der Waals surface area contributed by atoms with E-state index >= 15 is 8.78 Å². The number of aliphatic hydroxyl groups is 1. The first-order chi connectivity index (χ1) is 25.6. The Labute approximate surface area is 310 Å². The van der Waals surface area contributed by atoms with Crippen LogP contribution in [-0.2, 0) is 18.3 Å². The van der Waals surface area contributed by atoms with Crippen molar-refractivity contribution < 1.29 is 40.6 Å². The van der Waals surface area contributed by atoms with Gasteiger partial charge >= 0.3 is 6.18 Å². The second-order valence-corrected chi connectivity index (χ2v) is 14.7. The molecule has 2 aliphatic carbocycles. The Balaban J connectivity index is 1.34. The largest absolute Gasteiger partial charge is 0.431 e. The first-order valence-electron chi connectivity index (χ1n) is 17.1. The number of amides is 1. The van der Waals surface area contributed by atoms with E-state index < -0.39 is 76.8 Å². The van der Waals surface area contributed by atoms with Gasteiger partial charge < -0.3 is 16.2 Å². The summed E-state index contributed by atoms with van der Waals surface area (Å²) in [7, 11) is 1.66. The quantitative estimate of drug-likeness (QED) is 0.117. The molecule has 5 atom stereocenters. The van der Waals surface area contributed by atoms with E-state index in [9.17, 15) is 31.9 Å². The lowest BCUT2D eigenvalue weighted by Gasteiger charge is -2.36. The van der Waals surface area contributed by atoms with Crippen molar-refractivity contribution in [1.82, 2.24) is 25.1 Å². The molecule has 9 nitrogen and oxygen atoms in total. The summed E-state index contributed by atoms with van der Waals surface area (Å²) in [4.78, 5) is 18.7. The molecule has 2 aromatic carbocycles. The minimum Gasteiger partial charge on any atom is -0.382 e. The Hall–Kier alpha value is -5.65. The summed E-state index contributed by atoms with van der Waals surface area (Å²) in [5.41, 5.74) is 5.15. The minimum absolute atomic E-state index is 0.0224. The van der Waals surface area contributed by atoms with E-state index in [1.165, 1.54) is 18.5 Å². The second-order valence-electron chi connectivity index (χ2n) is 14.7. The zero-order valence-corrected chi connectivity index (χ0v) is 29.9. The molecular weight excluding hydrogens is 731 g/mol. The van der Waals surface area contributed by atoms with Gasteiger partial charge in [0, 0.05) is 35.5 Å². The number of hydrazone groups is 1. The van der Waals surface area contributed by atoms with Gasteiger partial charge in [-0.25, -0.2) is 22.5 Å². The van der Waals surface area contributed by atoms with Gasteiger partial charge in [-0.2, -0.15) is 23.4 Å². The SMILES string of the molecule is C=C=C1[C@@H]2[C@H]1C1(C)C(C(F)(F)F)=NN(CC(=O)N[C@@H](Cc3cc(F)cc(F)c3)c3nc(C#CC(C)(C)O)ccc3-c3cccc4c(N)nn(C)c34)C1C2(F)F. The van der Waals surface area contributed by atoms with Gasteiger partial charge in [0.25, 0.3) is 5.92 Å². The van der Waals surface area contributed by atoms with Crippen LogP contribution in [0.1, 0.15) is 43.8 Å². The van der Waals surface area contributed by atoms with Gasteiger partial charge in [-0.1, -0.05) is 31.6 Å². The summed E-state index contributed by atoms with van der Waals surface area (Å²) in [6, 6.07) is 7.66. The smallest absolute Gasteiger partial charge is 0.382 e. The average molecular weight is 766 g/mol. The summed E-state index contributed by atoms with van der Waals surface area (Å²) in [5, 5.41) is 21.9. The number of fused-ring (bicyclic) bond motifs is 4. The van der Waals surface area contributed by atoms with Crippen LogP contribution in [0.15, 0.2) is 71.5 Å². The molecule has 286 valence electrons. The Bertz CT molecular complexity index is 2400. The molecule has 1 aliphatic heterocycles. The van der Waals surface area contributed by atoms with E-state index in [1.54, 1.807) is 37.4 Å². The molecule has 0 spiro atoms. The van der Waals surface area contributed by atoms with Crippen LogP contribution in [0.3, 0.4) is 0 Å². The first-order valence-corrected chi connectivity index (χ1v) is 17.1. The maximum Gasteiger partial charge on any atom is 0.431 e. The molecule has 3 aliphatic rings. The van der Waals surface area contributed by atoms with Gasteiger partial charge in [0.1, 0.15) is 35.5 Å². The Morgan fingerprint density at radius 2 is 1.78 bits per heavy atom. The van der Waals surface area contributed by atoms with Crippen LogP contribution in [0.25, 0.3) is 22.0 Å². The van der Waals surface area contributed by atoms with E-state index in [0.717, 1.165) is 19.1 Å². The molecule has 1 amide bonds. The molecule has 3 heterocycles. The second kappa shape index (κ2) is 12.7. The van der Waals surface area contributed by atoms with Crippen molar-refractivity contribution in [2.75, 3.05) is 12.3 Å². The normalized spacial score (nSPS) is 23.1. The number of carbonyl (C=O) groups is 1. The van der Waals surface area contributed by atoms with Crippen molar-refractivity contribution in [3.05, 3.63) is 95.0 Å². The Morgan fingerprint density at radius 1 is 1.09 bits per heavy atom. The van der Waals surface area contributed by atoms with E-state index in [4.69, 9.17) is 10.7 Å². The van der Waals surface area contributed by atoms with E-state index in [-0.39, 0.29) is 34.8 Å². The zero-order chi connectivity index (χ0) is 40.0. The molecule has 2 aromatic heterocycles. The van der Waals surface area contributed by atoms with Crippen LogP contribution in [0.4, 0.5) is 36.6 Å². The van der Waals surface area contributed by atoms with Crippen LogP contribution in [-0.4, -0.2) is 66.8 Å². The summed E-state index contributed by atoms with van der Waals surface area (Å²) < 4.78 is 106. The maximum absolute atomic E-state index is 15.9. The first kappa shape index (κ1) is 37.7. The van der Waals surface area contributed by atoms with Crippen molar-refractivity contribution >= 4 is 28.3 Å². The number of nitrogens with one attached hydrogen (secondary N) is 1. The number of pyridine rings is 1. The molecule has 0 saturated heterocycles. The number of aryl methyl sites for hydroxylation is 1. The number of para-hydroxylation sites is 1. The number of allylic oxidation sites excluding steroid dienone is 1. The van der Waals surface area contributed by atoms with Crippen molar-refractivity contribution in [1.29, 1.82) is 0 Å². The summed E-state index contributed by atoms with van der Waals surface area (Å²) in [6.07, 6.45) is -5.42. The number of hydrogen-bond donors (Lipinski definition) is 3. The van der Waals surface area contributed by atoms with Gasteiger partial charge in [-0.05, 0) is 67.7 Å². The highest BCUT2D eigenvalue weighted by Crippen LogP contribution is 2.74. The number of carbonyl (C=O) groups excluding carboxylic acids is 1. The average Bonchev–Trinajstić information content (AvgIpc) is 3.61. The van der Waals surface area contributed by atoms with E-state index in [2.05, 4.69) is 39.7 Å². The van der Waals surface area contributed by atoms with Crippen molar-refractivity contribution in [2.45, 2.75) is 57.0 Å². The fourth-order valence-corrected chi connectivity index (χ4v) is 8.29. The number of nitrogens with two attached hydrogens (primary N) is 1. The van der Waals surface area contributed by atoms with Crippen LogP contribution in [0.2, 0.25) is 0 Å². The number of nitrogen functional groups attached to an aromatic ring is 1. The van der Waals surface area contributed by atoms with Gasteiger partial charge in [0.2, 0.25) is 5.91 Å². The van der Waals surface area contributed by atoms with Gasteiger partial charge in [0.05, 0.1) is 28.6 Å². The van der Waals surface area contributed by atoms with Crippen LogP contribution < -0.4 is 11.1 Å². The lowest BCUT2D eigenvalue weighted by atomic mass is 9.75. The Morgan fingerprint density at radius 3 is 2.42 bits per heavy atom. The predicted molar refractivity (Wildman–Crippen MR) is 189 cm³/mol. The third-order valence-corrected chi connectivity index (χ3v) is 10.3. The number of rotatable bonds is 7. The number of halogens is 7.